The highest BCUT2D eigenvalue weighted by atomic mass is 32.1. The molecule has 0 aliphatic heterocycles. The van der Waals surface area contributed by atoms with Crippen molar-refractivity contribution in [3.05, 3.63) is 61.5 Å². The first-order chi connectivity index (χ1) is 12.8. The Labute approximate surface area is 158 Å². The van der Waals surface area contributed by atoms with Crippen molar-refractivity contribution in [3.8, 4) is 6.07 Å². The highest BCUT2D eigenvalue weighted by Gasteiger charge is 2.22. The van der Waals surface area contributed by atoms with E-state index in [9.17, 15) is 25.0 Å². The molecule has 1 aromatic carbocycles. The predicted octanol–water partition coefficient (Wildman–Crippen LogP) is 3.61. The van der Waals surface area contributed by atoms with E-state index in [0.717, 1.165) is 4.88 Å². The second kappa shape index (κ2) is 8.25. The van der Waals surface area contributed by atoms with Crippen LogP contribution in [0.15, 0.2) is 29.8 Å². The monoisotopic (exact) mass is 385 g/mol. The number of hydrogen-bond donors (Lipinski definition) is 1. The third-order valence-corrected chi connectivity index (χ3v) is 4.90. The highest BCUT2D eigenvalue weighted by Crippen LogP contribution is 2.33. The number of hydrogen-bond acceptors (Lipinski definition) is 7. The van der Waals surface area contributed by atoms with Gasteiger partial charge in [-0.1, -0.05) is 0 Å². The van der Waals surface area contributed by atoms with Crippen LogP contribution in [0.3, 0.4) is 0 Å². The fraction of sp³-hybridized carbons (Fsp3) is 0.167. The van der Waals surface area contributed by atoms with Crippen molar-refractivity contribution >= 4 is 40.0 Å². The van der Waals surface area contributed by atoms with Crippen LogP contribution in [0.5, 0.6) is 0 Å². The number of esters is 1. The van der Waals surface area contributed by atoms with Gasteiger partial charge in [0.15, 0.2) is 0 Å². The van der Waals surface area contributed by atoms with Crippen LogP contribution in [-0.2, 0) is 9.53 Å². The number of amides is 1. The Hall–Kier alpha value is -3.51. The lowest BCUT2D eigenvalue weighted by Gasteiger charge is -2.05. The molecule has 2 aromatic rings. The standard InChI is InChI=1S/C18H15N3O5S/c1-10-11(2)27-17(15(10)18(23)26-3)20-16(22)13(9-19)8-12-4-6-14(7-5-12)21(24)25/h4-8H,1-3H3,(H,20,22). The lowest BCUT2D eigenvalue weighted by Crippen LogP contribution is -2.15. The lowest BCUT2D eigenvalue weighted by atomic mass is 10.1. The smallest absolute Gasteiger partial charge is 0.341 e. The molecule has 0 saturated heterocycles. The van der Waals surface area contributed by atoms with Gasteiger partial charge in [0, 0.05) is 17.0 Å². The van der Waals surface area contributed by atoms with Gasteiger partial charge in [0.05, 0.1) is 17.6 Å². The Kier molecular flexibility index (Phi) is 6.05. The summed E-state index contributed by atoms with van der Waals surface area (Å²) in [5.74, 6) is -1.27. The van der Waals surface area contributed by atoms with Gasteiger partial charge >= 0.3 is 5.97 Å². The number of non-ortho nitro benzene ring substituents is 1. The van der Waals surface area contributed by atoms with E-state index in [1.807, 2.05) is 0 Å². The van der Waals surface area contributed by atoms with Crippen LogP contribution < -0.4 is 5.32 Å². The Morgan fingerprint density at radius 3 is 2.44 bits per heavy atom. The van der Waals surface area contributed by atoms with Gasteiger partial charge < -0.3 is 10.1 Å². The molecule has 138 valence electrons. The van der Waals surface area contributed by atoms with Gasteiger partial charge in [-0.05, 0) is 43.2 Å². The van der Waals surface area contributed by atoms with Crippen LogP contribution in [0.25, 0.3) is 6.08 Å². The SMILES string of the molecule is COC(=O)c1c(NC(=O)C(C#N)=Cc2ccc([N+](=O)[O-])cc2)sc(C)c1C. The minimum Gasteiger partial charge on any atom is -0.465 e. The topological polar surface area (TPSA) is 122 Å². The van der Waals surface area contributed by atoms with Crippen LogP contribution in [0, 0.1) is 35.3 Å². The number of nitriles is 1. The number of nitrogens with zero attached hydrogens (tertiary/aromatic N) is 2. The fourth-order valence-electron chi connectivity index (χ4n) is 2.24. The van der Waals surface area contributed by atoms with Crippen LogP contribution in [-0.4, -0.2) is 23.9 Å². The summed E-state index contributed by atoms with van der Waals surface area (Å²) in [4.78, 5) is 35.4. The van der Waals surface area contributed by atoms with Crippen molar-refractivity contribution in [3.63, 3.8) is 0 Å². The molecule has 0 atom stereocenters. The number of ether oxygens (including phenoxy) is 1. The summed E-state index contributed by atoms with van der Waals surface area (Å²) in [6.45, 7) is 3.55. The summed E-state index contributed by atoms with van der Waals surface area (Å²) >= 11 is 1.21. The van der Waals surface area contributed by atoms with E-state index in [4.69, 9.17) is 4.74 Å². The molecule has 9 heteroatoms. The minimum atomic E-state index is -0.692. The molecule has 0 radical (unpaired) electrons. The van der Waals surface area contributed by atoms with E-state index >= 15 is 0 Å². The second-order valence-corrected chi connectivity index (χ2v) is 6.68. The van der Waals surface area contributed by atoms with Crippen LogP contribution in [0.1, 0.15) is 26.4 Å². The number of thiophene rings is 1. The number of nitro groups is 1. The van der Waals surface area contributed by atoms with Crippen LogP contribution in [0.4, 0.5) is 10.7 Å². The molecule has 1 aromatic heterocycles. The van der Waals surface area contributed by atoms with Crippen molar-refractivity contribution in [2.45, 2.75) is 13.8 Å². The number of benzene rings is 1. The van der Waals surface area contributed by atoms with Crippen LogP contribution in [0.2, 0.25) is 0 Å². The van der Waals surface area contributed by atoms with E-state index in [-0.39, 0.29) is 16.8 Å². The molecule has 1 amide bonds. The molecular weight excluding hydrogens is 370 g/mol. The molecule has 1 heterocycles. The van der Waals surface area contributed by atoms with E-state index in [1.54, 1.807) is 19.9 Å². The number of nitro benzene ring substituents is 1. The second-order valence-electron chi connectivity index (χ2n) is 5.45. The van der Waals surface area contributed by atoms with Crippen molar-refractivity contribution in [2.24, 2.45) is 0 Å². The number of anilines is 1. The first-order valence-electron chi connectivity index (χ1n) is 7.64. The van der Waals surface area contributed by atoms with E-state index in [1.165, 1.54) is 48.8 Å². The van der Waals surface area contributed by atoms with E-state index in [0.29, 0.717) is 16.1 Å². The number of methoxy groups -OCH3 is 1. The summed E-state index contributed by atoms with van der Waals surface area (Å²) in [5, 5.41) is 22.8. The number of aryl methyl sites for hydroxylation is 1. The summed E-state index contributed by atoms with van der Waals surface area (Å²) in [5.41, 5.74) is 1.10. The van der Waals surface area contributed by atoms with Gasteiger partial charge in [0.2, 0.25) is 0 Å². The Bertz CT molecular complexity index is 984. The zero-order valence-corrected chi connectivity index (χ0v) is 15.5. The maximum Gasteiger partial charge on any atom is 0.341 e. The molecule has 0 fully saturated rings. The predicted molar refractivity (Wildman–Crippen MR) is 100 cm³/mol. The quantitative estimate of drug-likeness (QED) is 0.276. The summed E-state index contributed by atoms with van der Waals surface area (Å²) < 4.78 is 4.75. The third-order valence-electron chi connectivity index (χ3n) is 3.78. The summed E-state index contributed by atoms with van der Waals surface area (Å²) in [7, 11) is 1.25. The van der Waals surface area contributed by atoms with E-state index in [2.05, 4.69) is 5.32 Å². The van der Waals surface area contributed by atoms with Gasteiger partial charge in [-0.2, -0.15) is 5.26 Å². The van der Waals surface area contributed by atoms with Crippen molar-refractivity contribution < 1.29 is 19.2 Å². The lowest BCUT2D eigenvalue weighted by molar-refractivity contribution is -0.384. The number of nitrogens with one attached hydrogen (secondary N) is 1. The maximum atomic E-state index is 12.5. The highest BCUT2D eigenvalue weighted by molar-refractivity contribution is 7.16. The zero-order chi connectivity index (χ0) is 20.1. The molecule has 0 unspecified atom stereocenters. The average molecular weight is 385 g/mol. The van der Waals surface area contributed by atoms with Crippen LogP contribution >= 0.6 is 11.3 Å². The van der Waals surface area contributed by atoms with Gasteiger partial charge in [-0.25, -0.2) is 4.79 Å². The molecule has 0 aliphatic carbocycles. The van der Waals surface area contributed by atoms with E-state index < -0.39 is 16.8 Å². The molecule has 1 N–H and O–H groups in total. The molecule has 27 heavy (non-hydrogen) atoms. The number of carbonyl (C=O) groups is 2. The first-order valence-corrected chi connectivity index (χ1v) is 8.46. The van der Waals surface area contributed by atoms with Gasteiger partial charge in [0.1, 0.15) is 16.6 Å². The number of carbonyl (C=O) groups excluding carboxylic acids is 2. The summed E-state index contributed by atoms with van der Waals surface area (Å²) in [6, 6.07) is 7.22. The average Bonchev–Trinajstić information content (AvgIpc) is 2.92. The number of rotatable bonds is 5. The third kappa shape index (κ3) is 4.37. The zero-order valence-electron chi connectivity index (χ0n) is 14.7. The van der Waals surface area contributed by atoms with Gasteiger partial charge in [0.25, 0.3) is 11.6 Å². The molecule has 0 bridgehead atoms. The first kappa shape index (κ1) is 19.8. The molecule has 0 aliphatic rings. The minimum absolute atomic E-state index is 0.0950. The Morgan fingerprint density at radius 1 is 1.30 bits per heavy atom. The molecule has 2 rings (SSSR count). The molecular formula is C18H15N3O5S. The molecule has 8 nitrogen and oxygen atoms in total. The fourth-order valence-corrected chi connectivity index (χ4v) is 3.28. The van der Waals surface area contributed by atoms with Crippen molar-refractivity contribution in [2.75, 3.05) is 12.4 Å². The van der Waals surface area contributed by atoms with Gasteiger partial charge in [-0.3, -0.25) is 14.9 Å². The van der Waals surface area contributed by atoms with Crippen molar-refractivity contribution in [1.29, 1.82) is 5.26 Å². The normalized spacial score (nSPS) is 10.8. The molecule has 0 saturated carbocycles. The van der Waals surface area contributed by atoms with Crippen molar-refractivity contribution in [1.82, 2.24) is 0 Å². The van der Waals surface area contributed by atoms with Gasteiger partial charge in [-0.15, -0.1) is 11.3 Å². The molecule has 0 spiro atoms. The maximum absolute atomic E-state index is 12.5. The Balaban J connectivity index is 2.31. The summed E-state index contributed by atoms with van der Waals surface area (Å²) in [6.07, 6.45) is 1.31. The Morgan fingerprint density at radius 2 is 1.93 bits per heavy atom. The largest absolute Gasteiger partial charge is 0.465 e.